The highest BCUT2D eigenvalue weighted by Crippen LogP contribution is 2.18. The van der Waals surface area contributed by atoms with Gasteiger partial charge in [-0.2, -0.15) is 0 Å². The average Bonchev–Trinajstić information content (AvgIpc) is 3.25. The van der Waals surface area contributed by atoms with Gasteiger partial charge in [0.15, 0.2) is 0 Å². The van der Waals surface area contributed by atoms with Crippen molar-refractivity contribution in [3.05, 3.63) is 48.6 Å². The number of carbonyl (C=O) groups excluding carboxylic acids is 2. The van der Waals surface area contributed by atoms with Crippen LogP contribution in [0.2, 0.25) is 0 Å². The van der Waals surface area contributed by atoms with E-state index in [1.165, 1.54) is 141 Å². The Hall–Kier alpha value is -2.18. The lowest BCUT2D eigenvalue weighted by Crippen LogP contribution is -2.46. The van der Waals surface area contributed by atoms with Gasteiger partial charge in [0.1, 0.15) is 6.10 Å². The van der Waals surface area contributed by atoms with Gasteiger partial charge in [-0.1, -0.05) is 243 Å². The van der Waals surface area contributed by atoms with Crippen LogP contribution in [0.3, 0.4) is 0 Å². The molecular formula is C55H101NO5. The average molecular weight is 856 g/mol. The number of ether oxygens (including phenoxy) is 1. The van der Waals surface area contributed by atoms with Crippen LogP contribution in [-0.4, -0.2) is 46.9 Å². The molecule has 0 saturated carbocycles. The molecule has 0 aromatic carbocycles. The first-order chi connectivity index (χ1) is 30.0. The fourth-order valence-electron chi connectivity index (χ4n) is 7.96. The molecule has 0 spiro atoms. The van der Waals surface area contributed by atoms with E-state index in [0.29, 0.717) is 19.3 Å². The Balaban J connectivity index is 4.63. The van der Waals surface area contributed by atoms with E-state index in [1.807, 2.05) is 0 Å². The number of aliphatic hydroxyl groups excluding tert-OH is 2. The van der Waals surface area contributed by atoms with E-state index in [9.17, 15) is 19.8 Å². The van der Waals surface area contributed by atoms with Gasteiger partial charge < -0.3 is 20.3 Å². The predicted octanol–water partition coefficient (Wildman–Crippen LogP) is 15.8. The van der Waals surface area contributed by atoms with Crippen molar-refractivity contribution >= 4 is 11.9 Å². The molecule has 0 aliphatic heterocycles. The van der Waals surface area contributed by atoms with Gasteiger partial charge in [0.05, 0.1) is 25.2 Å². The number of amides is 1. The van der Waals surface area contributed by atoms with Gasteiger partial charge in [0.2, 0.25) is 5.91 Å². The van der Waals surface area contributed by atoms with Crippen molar-refractivity contribution in [3.63, 3.8) is 0 Å². The summed E-state index contributed by atoms with van der Waals surface area (Å²) >= 11 is 0. The lowest BCUT2D eigenvalue weighted by Gasteiger charge is -2.24. The Morgan fingerprint density at radius 2 is 0.885 bits per heavy atom. The largest absolute Gasteiger partial charge is 0.462 e. The van der Waals surface area contributed by atoms with E-state index >= 15 is 0 Å². The molecule has 0 heterocycles. The van der Waals surface area contributed by atoms with Gasteiger partial charge in [0.25, 0.3) is 0 Å². The number of rotatable bonds is 47. The highest BCUT2D eigenvalue weighted by Gasteiger charge is 2.24. The van der Waals surface area contributed by atoms with Crippen molar-refractivity contribution in [3.8, 4) is 0 Å². The molecule has 3 unspecified atom stereocenters. The molecule has 0 aliphatic carbocycles. The van der Waals surface area contributed by atoms with Gasteiger partial charge in [-0.05, 0) is 57.8 Å². The Bertz CT molecular complexity index is 1050. The number of allylic oxidation sites excluding steroid dienone is 8. The number of aliphatic hydroxyl groups is 2. The van der Waals surface area contributed by atoms with Crippen LogP contribution < -0.4 is 5.32 Å². The van der Waals surface area contributed by atoms with E-state index in [4.69, 9.17) is 4.74 Å². The molecule has 0 aliphatic rings. The molecule has 0 aromatic rings. The zero-order chi connectivity index (χ0) is 44.5. The van der Waals surface area contributed by atoms with E-state index in [-0.39, 0.29) is 24.9 Å². The molecule has 61 heavy (non-hydrogen) atoms. The third kappa shape index (κ3) is 44.2. The molecule has 6 nitrogen and oxygen atoms in total. The van der Waals surface area contributed by atoms with Gasteiger partial charge in [0, 0.05) is 6.42 Å². The number of carbonyl (C=O) groups is 2. The fourth-order valence-corrected chi connectivity index (χ4v) is 7.96. The number of nitrogens with one attached hydrogen (secondary N) is 1. The quantitative estimate of drug-likeness (QED) is 0.0322. The van der Waals surface area contributed by atoms with Crippen LogP contribution >= 0.6 is 0 Å². The second-order valence-electron chi connectivity index (χ2n) is 17.9. The molecule has 6 heteroatoms. The van der Waals surface area contributed by atoms with Gasteiger partial charge in [-0.25, -0.2) is 0 Å². The summed E-state index contributed by atoms with van der Waals surface area (Å²) in [6.07, 6.45) is 58.9. The third-order valence-electron chi connectivity index (χ3n) is 11.9. The van der Waals surface area contributed by atoms with Crippen molar-refractivity contribution < 1.29 is 24.5 Å². The number of hydrogen-bond donors (Lipinski definition) is 3. The summed E-state index contributed by atoms with van der Waals surface area (Å²) in [5.41, 5.74) is 0. The maximum absolute atomic E-state index is 13.2. The van der Waals surface area contributed by atoms with Crippen LogP contribution in [0.1, 0.15) is 265 Å². The molecule has 0 aromatic heterocycles. The van der Waals surface area contributed by atoms with Crippen molar-refractivity contribution in [1.82, 2.24) is 5.32 Å². The highest BCUT2D eigenvalue weighted by molar-refractivity contribution is 5.77. The zero-order valence-electron chi connectivity index (χ0n) is 40.5. The molecular weight excluding hydrogens is 755 g/mol. The van der Waals surface area contributed by atoms with Crippen LogP contribution in [0.15, 0.2) is 48.6 Å². The van der Waals surface area contributed by atoms with Crippen molar-refractivity contribution in [2.45, 2.75) is 283 Å². The Morgan fingerprint density at radius 1 is 0.492 bits per heavy atom. The standard InChI is InChI=1S/C55H101NO5/c1-4-7-10-13-16-19-22-25-27-30-33-36-39-42-45-48-55(60)61-51(46-43-40-37-34-31-29-26-23-20-17-14-11-8-5-2)49-54(59)56-52(50-57)53(58)47-44-41-38-35-32-28-24-21-18-15-12-9-6-3/h8,11,17,20,26,29,34,37,51-53,57-58H,4-7,9-10,12-16,18-19,21-25,27-28,30-33,35-36,38-50H2,1-3H3,(H,56,59)/b11-8+,20-17+,29-26+,37-34+. The smallest absolute Gasteiger partial charge is 0.306 e. The lowest BCUT2D eigenvalue weighted by molar-refractivity contribution is -0.151. The van der Waals surface area contributed by atoms with Crippen molar-refractivity contribution in [2.24, 2.45) is 0 Å². The molecule has 0 bridgehead atoms. The van der Waals surface area contributed by atoms with Crippen LogP contribution in [0.25, 0.3) is 0 Å². The van der Waals surface area contributed by atoms with Crippen molar-refractivity contribution in [1.29, 1.82) is 0 Å². The van der Waals surface area contributed by atoms with E-state index in [1.54, 1.807) is 0 Å². The van der Waals surface area contributed by atoms with Crippen LogP contribution in [0, 0.1) is 0 Å². The maximum Gasteiger partial charge on any atom is 0.306 e. The summed E-state index contributed by atoms with van der Waals surface area (Å²) < 4.78 is 5.91. The van der Waals surface area contributed by atoms with Crippen LogP contribution in [0.4, 0.5) is 0 Å². The molecule has 3 N–H and O–H groups in total. The summed E-state index contributed by atoms with van der Waals surface area (Å²) in [4.78, 5) is 26.1. The van der Waals surface area contributed by atoms with E-state index in [2.05, 4.69) is 74.7 Å². The number of unbranched alkanes of at least 4 members (excludes halogenated alkanes) is 27. The highest BCUT2D eigenvalue weighted by atomic mass is 16.5. The van der Waals surface area contributed by atoms with Crippen LogP contribution in [0.5, 0.6) is 0 Å². The summed E-state index contributed by atoms with van der Waals surface area (Å²) in [7, 11) is 0. The molecule has 0 saturated heterocycles. The van der Waals surface area contributed by atoms with E-state index < -0.39 is 18.2 Å². The van der Waals surface area contributed by atoms with Gasteiger partial charge >= 0.3 is 5.97 Å². The predicted molar refractivity (Wildman–Crippen MR) is 264 cm³/mol. The van der Waals surface area contributed by atoms with Gasteiger partial charge in [-0.15, -0.1) is 0 Å². The normalized spacial score (nSPS) is 13.6. The Morgan fingerprint density at radius 3 is 1.31 bits per heavy atom. The summed E-state index contributed by atoms with van der Waals surface area (Å²) in [5, 5.41) is 23.8. The minimum Gasteiger partial charge on any atom is -0.462 e. The summed E-state index contributed by atoms with van der Waals surface area (Å²) in [6, 6.07) is -0.717. The minimum atomic E-state index is -0.800. The molecule has 0 fully saturated rings. The van der Waals surface area contributed by atoms with Crippen molar-refractivity contribution in [2.75, 3.05) is 6.61 Å². The first kappa shape index (κ1) is 58.8. The van der Waals surface area contributed by atoms with E-state index in [0.717, 1.165) is 77.0 Å². The first-order valence-corrected chi connectivity index (χ1v) is 26.4. The second-order valence-corrected chi connectivity index (χ2v) is 17.9. The zero-order valence-corrected chi connectivity index (χ0v) is 40.5. The SMILES string of the molecule is CC/C=C/C/C=C/C/C=C/C/C=C/CCCC(CC(=O)NC(CO)C(O)CCCCCCCCCCCCCCC)OC(=O)CCCCCCCCCCCCCCCCC. The topological polar surface area (TPSA) is 95.9 Å². The molecule has 0 rings (SSSR count). The molecule has 3 atom stereocenters. The van der Waals surface area contributed by atoms with Crippen LogP contribution in [-0.2, 0) is 14.3 Å². The number of esters is 1. The summed E-state index contributed by atoms with van der Waals surface area (Å²) in [6.45, 7) is 6.37. The fraction of sp³-hybridized carbons (Fsp3) is 0.818. The molecule has 0 radical (unpaired) electrons. The first-order valence-electron chi connectivity index (χ1n) is 26.4. The third-order valence-corrected chi connectivity index (χ3v) is 11.9. The monoisotopic (exact) mass is 856 g/mol. The van der Waals surface area contributed by atoms with Gasteiger partial charge in [-0.3, -0.25) is 9.59 Å². The second kappa shape index (κ2) is 48.8. The summed E-state index contributed by atoms with van der Waals surface area (Å²) in [5.74, 6) is -0.519. The number of hydrogen-bond acceptors (Lipinski definition) is 5. The molecule has 1 amide bonds. The molecule has 356 valence electrons. The Labute approximate surface area is 378 Å². The minimum absolute atomic E-state index is 0.0424. The Kier molecular flexibility index (Phi) is 47.1. The maximum atomic E-state index is 13.2. The lowest BCUT2D eigenvalue weighted by atomic mass is 10.0.